The lowest BCUT2D eigenvalue weighted by Crippen LogP contribution is -2.36. The minimum Gasteiger partial charge on any atom is -0.487 e. The van der Waals surface area contributed by atoms with E-state index in [1.807, 2.05) is 24.4 Å². The van der Waals surface area contributed by atoms with Crippen molar-refractivity contribution in [3.05, 3.63) is 48.8 Å². The molecular formula is C17H20N2O. The van der Waals surface area contributed by atoms with E-state index in [2.05, 4.69) is 35.4 Å². The molecule has 0 amide bonds. The lowest BCUT2D eigenvalue weighted by molar-refractivity contribution is 0.179. The molecule has 1 N–H and O–H groups in total. The zero-order valence-corrected chi connectivity index (χ0v) is 11.8. The normalized spacial score (nSPS) is 19.8. The van der Waals surface area contributed by atoms with Gasteiger partial charge in [0.25, 0.3) is 0 Å². The summed E-state index contributed by atoms with van der Waals surface area (Å²) in [6, 6.07) is 12.8. The standard InChI is InChI=1S/C17H20N2O/c1-13(17-8-5-9-19-17)20-16-10-15(11-18-12-16)14-6-3-2-4-7-14/h2-4,6-7,10-13,17,19H,5,8-9H2,1H3/t13?,17-/m0/s1. The molecule has 2 atom stereocenters. The highest BCUT2D eigenvalue weighted by Crippen LogP contribution is 2.24. The van der Waals surface area contributed by atoms with Crippen molar-refractivity contribution >= 4 is 0 Å². The molecule has 2 aromatic rings. The van der Waals surface area contributed by atoms with Gasteiger partial charge in [-0.25, -0.2) is 0 Å². The minimum absolute atomic E-state index is 0.172. The Morgan fingerprint density at radius 1 is 1.20 bits per heavy atom. The maximum absolute atomic E-state index is 6.04. The van der Waals surface area contributed by atoms with Crippen LogP contribution in [0, 0.1) is 0 Å². The first-order valence-electron chi connectivity index (χ1n) is 7.23. The van der Waals surface area contributed by atoms with E-state index in [1.165, 1.54) is 12.8 Å². The number of nitrogens with one attached hydrogen (secondary N) is 1. The van der Waals surface area contributed by atoms with Crippen molar-refractivity contribution in [2.24, 2.45) is 0 Å². The lowest BCUT2D eigenvalue weighted by Gasteiger charge is -2.21. The molecule has 0 spiro atoms. The van der Waals surface area contributed by atoms with Gasteiger partial charge in [-0.05, 0) is 37.9 Å². The molecule has 2 heterocycles. The molecule has 1 saturated heterocycles. The number of ether oxygens (including phenoxy) is 1. The van der Waals surface area contributed by atoms with Gasteiger partial charge >= 0.3 is 0 Å². The van der Waals surface area contributed by atoms with E-state index in [0.717, 1.165) is 23.4 Å². The van der Waals surface area contributed by atoms with Crippen molar-refractivity contribution in [3.8, 4) is 16.9 Å². The molecule has 3 nitrogen and oxygen atoms in total. The van der Waals surface area contributed by atoms with Crippen LogP contribution in [0.25, 0.3) is 11.1 Å². The Labute approximate surface area is 120 Å². The van der Waals surface area contributed by atoms with Gasteiger partial charge in [0.05, 0.1) is 6.20 Å². The van der Waals surface area contributed by atoms with Crippen molar-refractivity contribution in [2.45, 2.75) is 31.9 Å². The molecule has 1 fully saturated rings. The summed E-state index contributed by atoms with van der Waals surface area (Å²) >= 11 is 0. The van der Waals surface area contributed by atoms with Gasteiger partial charge in [0.15, 0.2) is 0 Å². The van der Waals surface area contributed by atoms with Gasteiger partial charge in [-0.15, -0.1) is 0 Å². The fourth-order valence-electron chi connectivity index (χ4n) is 2.68. The Morgan fingerprint density at radius 3 is 2.80 bits per heavy atom. The first kappa shape index (κ1) is 13.1. The Morgan fingerprint density at radius 2 is 2.05 bits per heavy atom. The van der Waals surface area contributed by atoms with Crippen LogP contribution >= 0.6 is 0 Å². The maximum Gasteiger partial charge on any atom is 0.138 e. The molecule has 0 saturated carbocycles. The highest BCUT2D eigenvalue weighted by atomic mass is 16.5. The third-order valence-electron chi connectivity index (χ3n) is 3.81. The number of benzene rings is 1. The van der Waals surface area contributed by atoms with Gasteiger partial charge < -0.3 is 10.1 Å². The molecule has 1 aliphatic rings. The Hall–Kier alpha value is -1.87. The Balaban J connectivity index is 1.74. The lowest BCUT2D eigenvalue weighted by atomic mass is 10.1. The van der Waals surface area contributed by atoms with Gasteiger partial charge in [-0.1, -0.05) is 30.3 Å². The highest BCUT2D eigenvalue weighted by Gasteiger charge is 2.22. The zero-order valence-electron chi connectivity index (χ0n) is 11.8. The highest BCUT2D eigenvalue weighted by molar-refractivity contribution is 5.63. The average molecular weight is 268 g/mol. The fraction of sp³-hybridized carbons (Fsp3) is 0.353. The zero-order chi connectivity index (χ0) is 13.8. The average Bonchev–Trinajstić information content (AvgIpc) is 3.03. The molecule has 1 aromatic heterocycles. The summed E-state index contributed by atoms with van der Waals surface area (Å²) in [7, 11) is 0. The second-order valence-corrected chi connectivity index (χ2v) is 5.30. The summed E-state index contributed by atoms with van der Waals surface area (Å²) < 4.78 is 6.04. The molecule has 1 unspecified atom stereocenters. The molecular weight excluding hydrogens is 248 g/mol. The first-order chi connectivity index (χ1) is 9.83. The Kier molecular flexibility index (Phi) is 3.97. The van der Waals surface area contributed by atoms with Gasteiger partial charge in [-0.3, -0.25) is 4.98 Å². The number of rotatable bonds is 4. The van der Waals surface area contributed by atoms with Crippen molar-refractivity contribution in [1.82, 2.24) is 10.3 Å². The monoisotopic (exact) mass is 268 g/mol. The van der Waals surface area contributed by atoms with Crippen LogP contribution in [-0.4, -0.2) is 23.7 Å². The number of hydrogen-bond donors (Lipinski definition) is 1. The first-order valence-corrected chi connectivity index (χ1v) is 7.23. The van der Waals surface area contributed by atoms with Crippen LogP contribution < -0.4 is 10.1 Å². The van der Waals surface area contributed by atoms with E-state index in [9.17, 15) is 0 Å². The maximum atomic E-state index is 6.04. The Bertz CT molecular complexity index is 550. The van der Waals surface area contributed by atoms with Crippen molar-refractivity contribution < 1.29 is 4.74 Å². The summed E-state index contributed by atoms with van der Waals surface area (Å²) in [6.07, 6.45) is 6.26. The van der Waals surface area contributed by atoms with E-state index in [1.54, 1.807) is 6.20 Å². The molecule has 3 rings (SSSR count). The summed E-state index contributed by atoms with van der Waals surface area (Å²) in [4.78, 5) is 4.30. The van der Waals surface area contributed by atoms with Crippen LogP contribution in [0.1, 0.15) is 19.8 Å². The molecule has 0 radical (unpaired) electrons. The second kappa shape index (κ2) is 6.06. The quantitative estimate of drug-likeness (QED) is 0.924. The number of hydrogen-bond acceptors (Lipinski definition) is 3. The van der Waals surface area contributed by atoms with Gasteiger partial charge in [-0.2, -0.15) is 0 Å². The minimum atomic E-state index is 0.172. The molecule has 20 heavy (non-hydrogen) atoms. The number of pyridine rings is 1. The van der Waals surface area contributed by atoms with E-state index in [4.69, 9.17) is 4.74 Å². The van der Waals surface area contributed by atoms with Crippen molar-refractivity contribution in [3.63, 3.8) is 0 Å². The molecule has 1 aliphatic heterocycles. The second-order valence-electron chi connectivity index (χ2n) is 5.30. The summed E-state index contributed by atoms with van der Waals surface area (Å²) in [5.41, 5.74) is 2.26. The van der Waals surface area contributed by atoms with E-state index >= 15 is 0 Å². The number of aromatic nitrogens is 1. The predicted octanol–water partition coefficient (Wildman–Crippen LogP) is 3.27. The summed E-state index contributed by atoms with van der Waals surface area (Å²) in [5.74, 6) is 0.840. The molecule has 1 aromatic carbocycles. The summed E-state index contributed by atoms with van der Waals surface area (Å²) in [6.45, 7) is 3.22. The van der Waals surface area contributed by atoms with Gasteiger partial charge in [0.2, 0.25) is 0 Å². The third kappa shape index (κ3) is 2.99. The largest absolute Gasteiger partial charge is 0.487 e. The fourth-order valence-corrected chi connectivity index (χ4v) is 2.68. The van der Waals surface area contributed by atoms with Crippen LogP contribution in [0.2, 0.25) is 0 Å². The van der Waals surface area contributed by atoms with Gasteiger partial charge in [0, 0.05) is 17.8 Å². The van der Waals surface area contributed by atoms with Crippen molar-refractivity contribution in [1.29, 1.82) is 0 Å². The summed E-state index contributed by atoms with van der Waals surface area (Å²) in [5, 5.41) is 3.48. The smallest absolute Gasteiger partial charge is 0.138 e. The SMILES string of the molecule is CC(Oc1cncc(-c2ccccc2)c1)[C@@H]1CCCN1. The molecule has 104 valence electrons. The van der Waals surface area contributed by atoms with Crippen LogP contribution in [0.3, 0.4) is 0 Å². The van der Waals surface area contributed by atoms with Crippen LogP contribution in [0.5, 0.6) is 5.75 Å². The topological polar surface area (TPSA) is 34.1 Å². The van der Waals surface area contributed by atoms with Crippen LogP contribution in [0.4, 0.5) is 0 Å². The predicted molar refractivity (Wildman–Crippen MR) is 80.8 cm³/mol. The van der Waals surface area contributed by atoms with Crippen LogP contribution in [-0.2, 0) is 0 Å². The van der Waals surface area contributed by atoms with E-state index in [-0.39, 0.29) is 6.10 Å². The molecule has 0 bridgehead atoms. The van der Waals surface area contributed by atoms with E-state index < -0.39 is 0 Å². The molecule has 0 aliphatic carbocycles. The van der Waals surface area contributed by atoms with Crippen LogP contribution in [0.15, 0.2) is 48.8 Å². The van der Waals surface area contributed by atoms with Crippen molar-refractivity contribution in [2.75, 3.05) is 6.54 Å². The molecule has 3 heteroatoms. The number of nitrogens with zero attached hydrogens (tertiary/aromatic N) is 1. The third-order valence-corrected chi connectivity index (χ3v) is 3.81. The van der Waals surface area contributed by atoms with Gasteiger partial charge in [0.1, 0.15) is 11.9 Å². The van der Waals surface area contributed by atoms with E-state index in [0.29, 0.717) is 6.04 Å².